The SMILES string of the molecule is CCCC(C)OCCCNCCCN1CCCC1. The Morgan fingerprint density at radius 2 is 1.89 bits per heavy atom. The Bertz CT molecular complexity index is 181. The van der Waals surface area contributed by atoms with Gasteiger partial charge >= 0.3 is 0 Å². The first kappa shape index (κ1) is 15.9. The maximum absolute atomic E-state index is 5.72. The van der Waals surface area contributed by atoms with Crippen molar-refractivity contribution in [3.05, 3.63) is 0 Å². The summed E-state index contributed by atoms with van der Waals surface area (Å²) in [7, 11) is 0. The van der Waals surface area contributed by atoms with Crippen LogP contribution in [0.5, 0.6) is 0 Å². The van der Waals surface area contributed by atoms with Crippen LogP contribution in [0.3, 0.4) is 0 Å². The maximum Gasteiger partial charge on any atom is 0.0546 e. The van der Waals surface area contributed by atoms with Gasteiger partial charge in [0.15, 0.2) is 0 Å². The van der Waals surface area contributed by atoms with E-state index in [1.165, 1.54) is 51.7 Å². The number of nitrogens with zero attached hydrogens (tertiary/aromatic N) is 1. The Kier molecular flexibility index (Phi) is 9.54. The third kappa shape index (κ3) is 8.06. The van der Waals surface area contributed by atoms with Gasteiger partial charge in [0, 0.05) is 6.61 Å². The first-order chi connectivity index (χ1) is 8.83. The van der Waals surface area contributed by atoms with Crippen LogP contribution in [0, 0.1) is 0 Å². The molecule has 108 valence electrons. The average molecular weight is 256 g/mol. The van der Waals surface area contributed by atoms with E-state index in [2.05, 4.69) is 24.1 Å². The molecule has 0 aromatic rings. The van der Waals surface area contributed by atoms with Crippen molar-refractivity contribution in [2.75, 3.05) is 39.3 Å². The molecule has 0 radical (unpaired) electrons. The molecular formula is C15H32N2O. The van der Waals surface area contributed by atoms with Gasteiger partial charge in [-0.1, -0.05) is 13.3 Å². The normalized spacial score (nSPS) is 18.3. The summed E-state index contributed by atoms with van der Waals surface area (Å²) in [5.74, 6) is 0. The third-order valence-electron chi connectivity index (χ3n) is 3.62. The molecule has 0 spiro atoms. The second-order valence-corrected chi connectivity index (χ2v) is 5.48. The Morgan fingerprint density at radius 3 is 2.61 bits per heavy atom. The van der Waals surface area contributed by atoms with E-state index in [-0.39, 0.29) is 0 Å². The van der Waals surface area contributed by atoms with Crippen molar-refractivity contribution in [2.24, 2.45) is 0 Å². The van der Waals surface area contributed by atoms with Crippen molar-refractivity contribution < 1.29 is 4.74 Å². The van der Waals surface area contributed by atoms with Crippen LogP contribution in [-0.2, 0) is 4.74 Å². The predicted molar refractivity (Wildman–Crippen MR) is 78.1 cm³/mol. The molecule has 18 heavy (non-hydrogen) atoms. The topological polar surface area (TPSA) is 24.5 Å². The number of hydrogen-bond donors (Lipinski definition) is 1. The molecule has 0 aliphatic carbocycles. The van der Waals surface area contributed by atoms with Crippen LogP contribution in [0.25, 0.3) is 0 Å². The molecular weight excluding hydrogens is 224 g/mol. The molecule has 1 N–H and O–H groups in total. The van der Waals surface area contributed by atoms with E-state index in [0.717, 1.165) is 26.1 Å². The van der Waals surface area contributed by atoms with Crippen molar-refractivity contribution in [1.29, 1.82) is 0 Å². The summed E-state index contributed by atoms with van der Waals surface area (Å²) in [4.78, 5) is 2.58. The quantitative estimate of drug-likeness (QED) is 0.575. The molecule has 0 saturated carbocycles. The van der Waals surface area contributed by atoms with Crippen molar-refractivity contribution in [3.63, 3.8) is 0 Å². The Morgan fingerprint density at radius 1 is 1.17 bits per heavy atom. The maximum atomic E-state index is 5.72. The van der Waals surface area contributed by atoms with Gasteiger partial charge in [0.2, 0.25) is 0 Å². The molecule has 0 aromatic heterocycles. The van der Waals surface area contributed by atoms with Crippen LogP contribution in [-0.4, -0.2) is 50.3 Å². The largest absolute Gasteiger partial charge is 0.378 e. The minimum atomic E-state index is 0.435. The monoisotopic (exact) mass is 256 g/mol. The highest BCUT2D eigenvalue weighted by atomic mass is 16.5. The molecule has 3 nitrogen and oxygen atoms in total. The second-order valence-electron chi connectivity index (χ2n) is 5.48. The summed E-state index contributed by atoms with van der Waals surface area (Å²) >= 11 is 0. The van der Waals surface area contributed by atoms with E-state index in [9.17, 15) is 0 Å². The molecule has 1 atom stereocenters. The predicted octanol–water partition coefficient (Wildman–Crippen LogP) is 2.66. The highest BCUT2D eigenvalue weighted by molar-refractivity contribution is 4.66. The van der Waals surface area contributed by atoms with Crippen LogP contribution in [0.4, 0.5) is 0 Å². The van der Waals surface area contributed by atoms with Crippen LogP contribution in [0.1, 0.15) is 52.4 Å². The van der Waals surface area contributed by atoms with Crippen molar-refractivity contribution in [2.45, 2.75) is 58.5 Å². The van der Waals surface area contributed by atoms with E-state index in [4.69, 9.17) is 4.74 Å². The summed E-state index contributed by atoms with van der Waals surface area (Å²) in [5.41, 5.74) is 0. The standard InChI is InChI=1S/C15H32N2O/c1-3-8-15(2)18-14-7-10-16-9-6-13-17-11-4-5-12-17/h15-16H,3-14H2,1-2H3. The molecule has 3 heteroatoms. The summed E-state index contributed by atoms with van der Waals surface area (Å²) in [6.45, 7) is 11.5. The van der Waals surface area contributed by atoms with E-state index in [0.29, 0.717) is 6.10 Å². The van der Waals surface area contributed by atoms with Gasteiger partial charge in [-0.25, -0.2) is 0 Å². The Hall–Kier alpha value is -0.120. The van der Waals surface area contributed by atoms with E-state index in [1.807, 2.05) is 0 Å². The smallest absolute Gasteiger partial charge is 0.0546 e. The average Bonchev–Trinajstić information content (AvgIpc) is 2.86. The fraction of sp³-hybridized carbons (Fsp3) is 1.00. The molecule has 1 aliphatic rings. The number of nitrogens with one attached hydrogen (secondary N) is 1. The molecule has 1 aliphatic heterocycles. The fourth-order valence-corrected chi connectivity index (χ4v) is 2.53. The Balaban J connectivity index is 1.75. The molecule has 1 fully saturated rings. The van der Waals surface area contributed by atoms with Gasteiger partial charge in [-0.05, 0) is 71.8 Å². The van der Waals surface area contributed by atoms with E-state index in [1.54, 1.807) is 0 Å². The molecule has 0 amide bonds. The van der Waals surface area contributed by atoms with Gasteiger partial charge in [0.1, 0.15) is 0 Å². The molecule has 0 bridgehead atoms. The number of ether oxygens (including phenoxy) is 1. The zero-order valence-electron chi connectivity index (χ0n) is 12.4. The minimum absolute atomic E-state index is 0.435. The summed E-state index contributed by atoms with van der Waals surface area (Å²) in [6.07, 6.45) is 8.07. The van der Waals surface area contributed by atoms with Crippen molar-refractivity contribution >= 4 is 0 Å². The first-order valence-corrected chi connectivity index (χ1v) is 7.87. The summed E-state index contributed by atoms with van der Waals surface area (Å²) < 4.78 is 5.72. The van der Waals surface area contributed by atoms with Gasteiger partial charge in [-0.15, -0.1) is 0 Å². The van der Waals surface area contributed by atoms with Gasteiger partial charge in [0.25, 0.3) is 0 Å². The fourth-order valence-electron chi connectivity index (χ4n) is 2.53. The zero-order chi connectivity index (χ0) is 13.1. The third-order valence-corrected chi connectivity index (χ3v) is 3.62. The lowest BCUT2D eigenvalue weighted by atomic mass is 10.2. The molecule has 1 unspecified atom stereocenters. The van der Waals surface area contributed by atoms with Gasteiger partial charge in [-0.3, -0.25) is 0 Å². The van der Waals surface area contributed by atoms with Gasteiger partial charge in [0.05, 0.1) is 6.10 Å². The van der Waals surface area contributed by atoms with Crippen LogP contribution < -0.4 is 5.32 Å². The number of likely N-dealkylation sites (tertiary alicyclic amines) is 1. The second kappa shape index (κ2) is 10.8. The Labute approximate surface area is 113 Å². The van der Waals surface area contributed by atoms with E-state index >= 15 is 0 Å². The molecule has 0 aromatic carbocycles. The van der Waals surface area contributed by atoms with E-state index < -0.39 is 0 Å². The zero-order valence-corrected chi connectivity index (χ0v) is 12.4. The van der Waals surface area contributed by atoms with Crippen LogP contribution >= 0.6 is 0 Å². The van der Waals surface area contributed by atoms with Gasteiger partial charge in [-0.2, -0.15) is 0 Å². The van der Waals surface area contributed by atoms with Crippen LogP contribution in [0.15, 0.2) is 0 Å². The van der Waals surface area contributed by atoms with Crippen molar-refractivity contribution in [3.8, 4) is 0 Å². The highest BCUT2D eigenvalue weighted by Gasteiger charge is 2.09. The molecule has 1 saturated heterocycles. The number of rotatable bonds is 11. The first-order valence-electron chi connectivity index (χ1n) is 7.87. The minimum Gasteiger partial charge on any atom is -0.378 e. The van der Waals surface area contributed by atoms with Crippen LogP contribution in [0.2, 0.25) is 0 Å². The van der Waals surface area contributed by atoms with Gasteiger partial charge < -0.3 is 15.0 Å². The lowest BCUT2D eigenvalue weighted by Crippen LogP contribution is -2.25. The molecule has 1 heterocycles. The summed E-state index contributed by atoms with van der Waals surface area (Å²) in [6, 6.07) is 0. The number of hydrogen-bond acceptors (Lipinski definition) is 3. The molecule has 1 rings (SSSR count). The van der Waals surface area contributed by atoms with Crippen molar-refractivity contribution in [1.82, 2.24) is 10.2 Å². The lowest BCUT2D eigenvalue weighted by molar-refractivity contribution is 0.0583. The summed E-state index contributed by atoms with van der Waals surface area (Å²) in [5, 5.41) is 3.51. The lowest BCUT2D eigenvalue weighted by Gasteiger charge is -2.14. The highest BCUT2D eigenvalue weighted by Crippen LogP contribution is 2.06.